The van der Waals surface area contributed by atoms with Gasteiger partial charge in [-0.25, -0.2) is 0 Å². The number of para-hydroxylation sites is 1. The third-order valence-electron chi connectivity index (χ3n) is 2.58. The lowest BCUT2D eigenvalue weighted by atomic mass is 10.1. The smallest absolute Gasteiger partial charge is 0.230 e. The lowest BCUT2D eigenvalue weighted by molar-refractivity contribution is -0.119. The number of anilines is 1. The van der Waals surface area contributed by atoms with Crippen molar-refractivity contribution in [2.75, 3.05) is 11.9 Å². The van der Waals surface area contributed by atoms with E-state index in [0.717, 1.165) is 0 Å². The van der Waals surface area contributed by atoms with Crippen LogP contribution in [0.1, 0.15) is 24.2 Å². The quantitative estimate of drug-likeness (QED) is 0.733. The molecule has 1 aliphatic rings. The Bertz CT molecular complexity index is 454. The molecule has 2 rings (SSSR count). The lowest BCUT2D eigenvalue weighted by Crippen LogP contribution is -2.21. The van der Waals surface area contributed by atoms with E-state index in [9.17, 15) is 9.59 Å². The van der Waals surface area contributed by atoms with Crippen LogP contribution in [0.5, 0.6) is 5.75 Å². The predicted molar refractivity (Wildman–Crippen MR) is 59.7 cm³/mol. The highest BCUT2D eigenvalue weighted by atomic mass is 16.5. The summed E-state index contributed by atoms with van der Waals surface area (Å²) in [4.78, 5) is 23.0. The van der Waals surface area contributed by atoms with Gasteiger partial charge in [0, 0.05) is 0 Å². The van der Waals surface area contributed by atoms with Crippen LogP contribution in [-0.2, 0) is 4.79 Å². The molecule has 16 heavy (non-hydrogen) atoms. The maximum absolute atomic E-state index is 11.6. The normalized spacial score (nSPS) is 19.1. The van der Waals surface area contributed by atoms with E-state index in [-0.39, 0.29) is 17.6 Å². The third-order valence-corrected chi connectivity index (χ3v) is 2.58. The molecule has 4 nitrogen and oxygen atoms in total. The minimum atomic E-state index is -0.216. The summed E-state index contributed by atoms with van der Waals surface area (Å²) in [6, 6.07) is 5.16. The third kappa shape index (κ3) is 1.78. The van der Waals surface area contributed by atoms with Crippen molar-refractivity contribution in [3.05, 3.63) is 23.8 Å². The van der Waals surface area contributed by atoms with Crippen LogP contribution >= 0.6 is 0 Å². The van der Waals surface area contributed by atoms with E-state index in [1.165, 1.54) is 6.92 Å². The molecular formula is C12H13NO3. The molecule has 1 amide bonds. The zero-order valence-corrected chi connectivity index (χ0v) is 9.24. The number of amides is 1. The van der Waals surface area contributed by atoms with E-state index in [2.05, 4.69) is 5.32 Å². The average molecular weight is 219 g/mol. The zero-order valence-electron chi connectivity index (χ0n) is 9.24. The Morgan fingerprint density at radius 1 is 1.50 bits per heavy atom. The van der Waals surface area contributed by atoms with Crippen molar-refractivity contribution in [1.82, 2.24) is 0 Å². The first-order chi connectivity index (χ1) is 7.59. The summed E-state index contributed by atoms with van der Waals surface area (Å²) in [6.07, 6.45) is 0. The van der Waals surface area contributed by atoms with Gasteiger partial charge in [-0.15, -0.1) is 0 Å². The van der Waals surface area contributed by atoms with E-state index < -0.39 is 0 Å². The molecule has 84 valence electrons. The number of ether oxygens (including phenoxy) is 1. The highest BCUT2D eigenvalue weighted by molar-refractivity contribution is 6.02. The van der Waals surface area contributed by atoms with Crippen molar-refractivity contribution in [1.29, 1.82) is 0 Å². The van der Waals surface area contributed by atoms with Gasteiger partial charge in [-0.3, -0.25) is 9.59 Å². The SMILES string of the molecule is CC(=O)c1cccc2c1OCC(C)C(=O)N2. The molecule has 1 heterocycles. The van der Waals surface area contributed by atoms with Crippen LogP contribution in [0.15, 0.2) is 18.2 Å². The molecule has 1 aromatic carbocycles. The minimum absolute atomic E-state index is 0.0688. The van der Waals surface area contributed by atoms with Crippen LogP contribution in [0.3, 0.4) is 0 Å². The minimum Gasteiger partial charge on any atom is -0.490 e. The molecule has 0 aromatic heterocycles. The van der Waals surface area contributed by atoms with Crippen LogP contribution in [0.4, 0.5) is 5.69 Å². The monoisotopic (exact) mass is 219 g/mol. The van der Waals surface area contributed by atoms with Gasteiger partial charge < -0.3 is 10.1 Å². The Kier molecular flexibility index (Phi) is 2.64. The number of carbonyl (C=O) groups excluding carboxylic acids is 2. The maximum atomic E-state index is 11.6. The summed E-state index contributed by atoms with van der Waals surface area (Å²) >= 11 is 0. The van der Waals surface area contributed by atoms with Crippen molar-refractivity contribution in [3.63, 3.8) is 0 Å². The molecule has 0 saturated carbocycles. The van der Waals surface area contributed by atoms with Crippen LogP contribution < -0.4 is 10.1 Å². The van der Waals surface area contributed by atoms with Crippen LogP contribution in [0.25, 0.3) is 0 Å². The summed E-state index contributed by atoms with van der Waals surface area (Å²) in [5.74, 6) is 0.111. The molecule has 4 heteroatoms. The maximum Gasteiger partial charge on any atom is 0.230 e. The Morgan fingerprint density at radius 3 is 2.94 bits per heavy atom. The van der Waals surface area contributed by atoms with Gasteiger partial charge in [-0.2, -0.15) is 0 Å². The Hall–Kier alpha value is -1.84. The number of hydrogen-bond donors (Lipinski definition) is 1. The number of benzene rings is 1. The summed E-state index contributed by atoms with van der Waals surface area (Å²) in [7, 11) is 0. The van der Waals surface area contributed by atoms with Crippen molar-refractivity contribution in [2.24, 2.45) is 5.92 Å². The van der Waals surface area contributed by atoms with Crippen molar-refractivity contribution >= 4 is 17.4 Å². The number of nitrogens with one attached hydrogen (secondary N) is 1. The van der Waals surface area contributed by atoms with Crippen molar-refractivity contribution in [2.45, 2.75) is 13.8 Å². The van der Waals surface area contributed by atoms with Crippen LogP contribution in [0.2, 0.25) is 0 Å². The second kappa shape index (κ2) is 3.96. The summed E-state index contributed by atoms with van der Waals surface area (Å²) < 4.78 is 5.52. The van der Waals surface area contributed by atoms with Gasteiger partial charge in [-0.05, 0) is 19.1 Å². The van der Waals surface area contributed by atoms with E-state index in [0.29, 0.717) is 23.6 Å². The molecule has 0 spiro atoms. The van der Waals surface area contributed by atoms with Crippen LogP contribution in [-0.4, -0.2) is 18.3 Å². The van der Waals surface area contributed by atoms with Gasteiger partial charge in [0.15, 0.2) is 11.5 Å². The molecule has 0 bridgehead atoms. The molecule has 1 aliphatic heterocycles. The number of carbonyl (C=O) groups is 2. The molecule has 0 radical (unpaired) electrons. The number of fused-ring (bicyclic) bond motifs is 1. The van der Waals surface area contributed by atoms with Gasteiger partial charge in [0.1, 0.15) is 0 Å². The van der Waals surface area contributed by atoms with E-state index >= 15 is 0 Å². The van der Waals surface area contributed by atoms with E-state index in [1.807, 2.05) is 0 Å². The van der Waals surface area contributed by atoms with E-state index in [1.54, 1.807) is 25.1 Å². The van der Waals surface area contributed by atoms with Gasteiger partial charge in [0.25, 0.3) is 0 Å². The van der Waals surface area contributed by atoms with Crippen LogP contribution in [0, 0.1) is 5.92 Å². The molecule has 0 aliphatic carbocycles. The molecule has 1 atom stereocenters. The summed E-state index contributed by atoms with van der Waals surface area (Å²) in [6.45, 7) is 3.56. The van der Waals surface area contributed by atoms with E-state index in [4.69, 9.17) is 4.74 Å². The summed E-state index contributed by atoms with van der Waals surface area (Å²) in [5.41, 5.74) is 1.08. The predicted octanol–water partition coefficient (Wildman–Crippen LogP) is 1.86. The van der Waals surface area contributed by atoms with Gasteiger partial charge in [0.2, 0.25) is 5.91 Å². The first kappa shape index (κ1) is 10.7. The molecular weight excluding hydrogens is 206 g/mol. The standard InChI is InChI=1S/C12H13NO3/c1-7-6-16-11-9(8(2)14)4-3-5-10(11)13-12(7)15/h3-5,7H,6H2,1-2H3,(H,13,15). The fourth-order valence-electron chi connectivity index (χ4n) is 1.61. The topological polar surface area (TPSA) is 55.4 Å². The van der Waals surface area contributed by atoms with Gasteiger partial charge >= 0.3 is 0 Å². The van der Waals surface area contributed by atoms with Crippen molar-refractivity contribution < 1.29 is 14.3 Å². The second-order valence-electron chi connectivity index (χ2n) is 3.94. The fraction of sp³-hybridized carbons (Fsp3) is 0.333. The molecule has 0 fully saturated rings. The number of Topliss-reactive ketones (excluding diaryl/α,β-unsaturated/α-hetero) is 1. The summed E-state index contributed by atoms with van der Waals surface area (Å²) in [5, 5.41) is 2.75. The number of ketones is 1. The largest absolute Gasteiger partial charge is 0.490 e. The van der Waals surface area contributed by atoms with Gasteiger partial charge in [-0.1, -0.05) is 13.0 Å². The first-order valence-corrected chi connectivity index (χ1v) is 5.17. The highest BCUT2D eigenvalue weighted by Crippen LogP contribution is 2.32. The van der Waals surface area contributed by atoms with Crippen molar-refractivity contribution in [3.8, 4) is 5.75 Å². The second-order valence-corrected chi connectivity index (χ2v) is 3.94. The fourth-order valence-corrected chi connectivity index (χ4v) is 1.61. The Morgan fingerprint density at radius 2 is 2.25 bits per heavy atom. The lowest BCUT2D eigenvalue weighted by Gasteiger charge is -2.10. The Balaban J connectivity index is 2.48. The molecule has 1 N–H and O–H groups in total. The Labute approximate surface area is 93.6 Å². The number of rotatable bonds is 1. The average Bonchev–Trinajstić information content (AvgIpc) is 2.39. The zero-order chi connectivity index (χ0) is 11.7. The van der Waals surface area contributed by atoms with Gasteiger partial charge in [0.05, 0.1) is 23.8 Å². The highest BCUT2D eigenvalue weighted by Gasteiger charge is 2.23. The molecule has 1 aromatic rings. The first-order valence-electron chi connectivity index (χ1n) is 5.17. The number of hydrogen-bond acceptors (Lipinski definition) is 3. The molecule has 1 unspecified atom stereocenters. The molecule has 0 saturated heterocycles.